The summed E-state index contributed by atoms with van der Waals surface area (Å²) in [4.78, 5) is 0. The fraction of sp³-hybridized carbons (Fsp3) is 0.538. The zero-order chi connectivity index (χ0) is 13.1. The van der Waals surface area contributed by atoms with E-state index >= 15 is 0 Å². The van der Waals surface area contributed by atoms with Gasteiger partial charge in [0.1, 0.15) is 0 Å². The number of hydrogen-bond acceptors (Lipinski definition) is 1. The minimum atomic E-state index is -4.27. The normalized spacial score (nSPS) is 12.8. The van der Waals surface area contributed by atoms with Gasteiger partial charge in [-0.15, -0.1) is 0 Å². The molecule has 0 aliphatic carbocycles. The molecule has 96 valence electrons. The highest BCUT2D eigenvalue weighted by Gasteiger charge is 2.30. The van der Waals surface area contributed by atoms with Crippen molar-refractivity contribution in [2.75, 3.05) is 6.54 Å². The van der Waals surface area contributed by atoms with E-state index in [1.54, 1.807) is 6.07 Å². The van der Waals surface area contributed by atoms with E-state index in [0.717, 1.165) is 12.5 Å². The first-order valence-electron chi connectivity index (χ1n) is 5.61. The fourth-order valence-corrected chi connectivity index (χ4v) is 1.89. The first-order chi connectivity index (χ1) is 7.74. The Bertz CT molecular complexity index is 369. The largest absolute Gasteiger partial charge is 0.416 e. The van der Waals surface area contributed by atoms with Crippen LogP contribution in [0, 0.1) is 5.41 Å². The van der Waals surface area contributed by atoms with Gasteiger partial charge in [0.25, 0.3) is 0 Å². The molecule has 0 fully saturated rings. The molecule has 17 heavy (non-hydrogen) atoms. The van der Waals surface area contributed by atoms with Gasteiger partial charge in [0, 0.05) is 0 Å². The van der Waals surface area contributed by atoms with Crippen LogP contribution in [0.2, 0.25) is 0 Å². The summed E-state index contributed by atoms with van der Waals surface area (Å²) in [5, 5.41) is 0. The van der Waals surface area contributed by atoms with Crippen molar-refractivity contribution in [2.45, 2.75) is 32.9 Å². The lowest BCUT2D eigenvalue weighted by molar-refractivity contribution is -0.137. The number of halogens is 3. The second-order valence-electron chi connectivity index (χ2n) is 5.08. The molecule has 2 N–H and O–H groups in total. The third kappa shape index (κ3) is 4.38. The summed E-state index contributed by atoms with van der Waals surface area (Å²) < 4.78 is 37.6. The van der Waals surface area contributed by atoms with Crippen molar-refractivity contribution in [1.82, 2.24) is 0 Å². The maximum atomic E-state index is 12.5. The first kappa shape index (κ1) is 14.0. The second-order valence-corrected chi connectivity index (χ2v) is 5.08. The standard InChI is InChI=1S/C13H18F3N/c1-12(2,6-7-17)9-10-4-3-5-11(8-10)13(14,15)16/h3-5,8H,6-7,9,17H2,1-2H3. The van der Waals surface area contributed by atoms with Crippen molar-refractivity contribution >= 4 is 0 Å². The van der Waals surface area contributed by atoms with Crippen LogP contribution in [-0.4, -0.2) is 6.54 Å². The number of hydrogen-bond donors (Lipinski definition) is 1. The van der Waals surface area contributed by atoms with Crippen molar-refractivity contribution in [1.29, 1.82) is 0 Å². The summed E-state index contributed by atoms with van der Waals surface area (Å²) in [6.07, 6.45) is -2.87. The maximum Gasteiger partial charge on any atom is 0.416 e. The molecule has 0 saturated heterocycles. The summed E-state index contributed by atoms with van der Waals surface area (Å²) in [7, 11) is 0. The first-order valence-corrected chi connectivity index (χ1v) is 5.61. The zero-order valence-corrected chi connectivity index (χ0v) is 10.1. The highest BCUT2D eigenvalue weighted by Crippen LogP contribution is 2.31. The number of alkyl halides is 3. The molecule has 0 unspecified atom stereocenters. The minimum absolute atomic E-state index is 0.0705. The fourth-order valence-electron chi connectivity index (χ4n) is 1.89. The van der Waals surface area contributed by atoms with Crippen LogP contribution >= 0.6 is 0 Å². The Morgan fingerprint density at radius 3 is 2.35 bits per heavy atom. The molecule has 1 rings (SSSR count). The highest BCUT2D eigenvalue weighted by molar-refractivity contribution is 5.26. The lowest BCUT2D eigenvalue weighted by Crippen LogP contribution is -2.20. The van der Waals surface area contributed by atoms with Crippen LogP contribution < -0.4 is 5.73 Å². The maximum absolute atomic E-state index is 12.5. The summed E-state index contributed by atoms with van der Waals surface area (Å²) in [5.41, 5.74) is 5.54. The van der Waals surface area contributed by atoms with Crippen molar-refractivity contribution in [2.24, 2.45) is 11.1 Å². The van der Waals surface area contributed by atoms with Gasteiger partial charge >= 0.3 is 6.18 Å². The lowest BCUT2D eigenvalue weighted by Gasteiger charge is -2.24. The van der Waals surface area contributed by atoms with E-state index in [4.69, 9.17) is 5.73 Å². The van der Waals surface area contributed by atoms with Crippen LogP contribution in [0.5, 0.6) is 0 Å². The van der Waals surface area contributed by atoms with Gasteiger partial charge in [-0.1, -0.05) is 32.0 Å². The Kier molecular flexibility index (Phi) is 4.20. The molecule has 0 atom stereocenters. The monoisotopic (exact) mass is 245 g/mol. The summed E-state index contributed by atoms with van der Waals surface area (Å²) >= 11 is 0. The average Bonchev–Trinajstić information content (AvgIpc) is 2.15. The second kappa shape index (κ2) is 5.08. The van der Waals surface area contributed by atoms with Gasteiger partial charge in [-0.2, -0.15) is 13.2 Å². The SMILES string of the molecule is CC(C)(CCN)Cc1cccc(C(F)(F)F)c1. The molecule has 0 spiro atoms. The number of benzene rings is 1. The molecule has 4 heteroatoms. The van der Waals surface area contributed by atoms with Crippen LogP contribution in [0.15, 0.2) is 24.3 Å². The smallest absolute Gasteiger partial charge is 0.330 e. The molecular formula is C13H18F3N. The van der Waals surface area contributed by atoms with E-state index in [-0.39, 0.29) is 5.41 Å². The van der Waals surface area contributed by atoms with Crippen LogP contribution in [-0.2, 0) is 12.6 Å². The van der Waals surface area contributed by atoms with E-state index in [2.05, 4.69) is 0 Å². The Hall–Kier alpha value is -1.03. The van der Waals surface area contributed by atoms with Gasteiger partial charge in [-0.3, -0.25) is 0 Å². The molecular weight excluding hydrogens is 227 g/mol. The van der Waals surface area contributed by atoms with Gasteiger partial charge in [-0.05, 0) is 36.4 Å². The molecule has 1 aromatic carbocycles. The zero-order valence-electron chi connectivity index (χ0n) is 10.1. The third-order valence-corrected chi connectivity index (χ3v) is 2.76. The third-order valence-electron chi connectivity index (χ3n) is 2.76. The molecule has 0 saturated carbocycles. The van der Waals surface area contributed by atoms with Gasteiger partial charge in [0.15, 0.2) is 0 Å². The lowest BCUT2D eigenvalue weighted by atomic mass is 9.82. The van der Waals surface area contributed by atoms with Crippen molar-refractivity contribution in [3.05, 3.63) is 35.4 Å². The van der Waals surface area contributed by atoms with Crippen molar-refractivity contribution < 1.29 is 13.2 Å². The predicted molar refractivity (Wildman–Crippen MR) is 62.6 cm³/mol. The summed E-state index contributed by atoms with van der Waals surface area (Å²) in [6, 6.07) is 5.50. The molecule has 1 aromatic rings. The van der Waals surface area contributed by atoms with E-state index < -0.39 is 11.7 Å². The van der Waals surface area contributed by atoms with Crippen LogP contribution in [0.3, 0.4) is 0 Å². The molecule has 1 nitrogen and oxygen atoms in total. The van der Waals surface area contributed by atoms with Crippen LogP contribution in [0.1, 0.15) is 31.4 Å². The van der Waals surface area contributed by atoms with Gasteiger partial charge in [0.2, 0.25) is 0 Å². The number of rotatable bonds is 4. The minimum Gasteiger partial charge on any atom is -0.330 e. The molecule has 0 aliphatic rings. The highest BCUT2D eigenvalue weighted by atomic mass is 19.4. The van der Waals surface area contributed by atoms with E-state index in [1.807, 2.05) is 13.8 Å². The van der Waals surface area contributed by atoms with Crippen molar-refractivity contribution in [3.8, 4) is 0 Å². The van der Waals surface area contributed by atoms with Crippen LogP contribution in [0.4, 0.5) is 13.2 Å². The van der Waals surface area contributed by atoms with Gasteiger partial charge in [-0.25, -0.2) is 0 Å². The molecule has 0 heterocycles. The molecule has 0 aromatic heterocycles. The number of nitrogens with two attached hydrogens (primary N) is 1. The van der Waals surface area contributed by atoms with Gasteiger partial charge < -0.3 is 5.73 Å². The summed E-state index contributed by atoms with van der Waals surface area (Å²) in [5.74, 6) is 0. The van der Waals surface area contributed by atoms with E-state index in [9.17, 15) is 13.2 Å². The summed E-state index contributed by atoms with van der Waals surface area (Å²) in [6.45, 7) is 4.58. The Morgan fingerprint density at radius 2 is 1.82 bits per heavy atom. The molecule has 0 amide bonds. The predicted octanol–water partition coefficient (Wildman–Crippen LogP) is 3.62. The topological polar surface area (TPSA) is 26.0 Å². The Balaban J connectivity index is 2.86. The molecule has 0 aliphatic heterocycles. The van der Waals surface area contributed by atoms with E-state index in [1.165, 1.54) is 12.1 Å². The van der Waals surface area contributed by atoms with Gasteiger partial charge in [0.05, 0.1) is 5.56 Å². The molecule has 0 bridgehead atoms. The Morgan fingerprint density at radius 1 is 1.18 bits per heavy atom. The molecule has 0 radical (unpaired) electrons. The Labute approximate surface area is 99.8 Å². The average molecular weight is 245 g/mol. The van der Waals surface area contributed by atoms with E-state index in [0.29, 0.717) is 18.5 Å². The quantitative estimate of drug-likeness (QED) is 0.861. The van der Waals surface area contributed by atoms with Crippen molar-refractivity contribution in [3.63, 3.8) is 0 Å². The van der Waals surface area contributed by atoms with Crippen LogP contribution in [0.25, 0.3) is 0 Å².